The molecule has 2 heterocycles. The lowest BCUT2D eigenvalue weighted by molar-refractivity contribution is 0.426. The molecule has 0 aliphatic carbocycles. The molecular weight excluding hydrogens is 200 g/mol. The number of fused-ring (bicyclic) bond motifs is 1. The molecule has 0 saturated heterocycles. The first kappa shape index (κ1) is 9.50. The molecule has 80 valence electrons. The smallest absolute Gasteiger partial charge is 0.335 e. The van der Waals surface area contributed by atoms with Crippen LogP contribution < -0.4 is 17.1 Å². The van der Waals surface area contributed by atoms with E-state index in [0.29, 0.717) is 5.69 Å². The van der Waals surface area contributed by atoms with E-state index in [1.807, 2.05) is 13.8 Å². The SMILES string of the molecule is CC(C)c1noc2c1c(=O)[nH]c(=O)n2N. The molecule has 2 aromatic rings. The van der Waals surface area contributed by atoms with Crippen LogP contribution in [0.4, 0.5) is 0 Å². The second kappa shape index (κ2) is 2.97. The molecule has 2 aromatic heterocycles. The summed E-state index contributed by atoms with van der Waals surface area (Å²) in [6.07, 6.45) is 0. The van der Waals surface area contributed by atoms with E-state index in [-0.39, 0.29) is 17.0 Å². The number of nitrogens with one attached hydrogen (secondary N) is 1. The van der Waals surface area contributed by atoms with Crippen molar-refractivity contribution in [2.45, 2.75) is 19.8 Å². The van der Waals surface area contributed by atoms with Crippen LogP contribution in [0.15, 0.2) is 14.1 Å². The third-order valence-corrected chi connectivity index (χ3v) is 2.13. The van der Waals surface area contributed by atoms with Crippen LogP contribution >= 0.6 is 0 Å². The summed E-state index contributed by atoms with van der Waals surface area (Å²) in [6.45, 7) is 3.73. The van der Waals surface area contributed by atoms with Gasteiger partial charge in [-0.3, -0.25) is 9.78 Å². The van der Waals surface area contributed by atoms with Crippen LogP contribution in [0.25, 0.3) is 11.1 Å². The monoisotopic (exact) mass is 210 g/mol. The summed E-state index contributed by atoms with van der Waals surface area (Å²) < 4.78 is 5.60. The van der Waals surface area contributed by atoms with E-state index >= 15 is 0 Å². The fourth-order valence-electron chi connectivity index (χ4n) is 1.38. The molecule has 0 aromatic carbocycles. The molecule has 0 amide bonds. The highest BCUT2D eigenvalue weighted by Crippen LogP contribution is 2.19. The van der Waals surface area contributed by atoms with Crippen LogP contribution in [-0.2, 0) is 0 Å². The van der Waals surface area contributed by atoms with Gasteiger partial charge in [0.2, 0.25) is 0 Å². The average molecular weight is 210 g/mol. The highest BCUT2D eigenvalue weighted by Gasteiger charge is 2.18. The van der Waals surface area contributed by atoms with E-state index in [1.54, 1.807) is 0 Å². The van der Waals surface area contributed by atoms with Crippen LogP contribution in [0, 0.1) is 0 Å². The van der Waals surface area contributed by atoms with Gasteiger partial charge in [-0.05, 0) is 5.92 Å². The number of hydrogen-bond donors (Lipinski definition) is 2. The minimum atomic E-state index is -0.723. The second-order valence-corrected chi connectivity index (χ2v) is 3.53. The molecule has 15 heavy (non-hydrogen) atoms. The highest BCUT2D eigenvalue weighted by molar-refractivity contribution is 5.75. The molecule has 0 spiro atoms. The maximum atomic E-state index is 11.5. The number of aromatic nitrogens is 3. The normalized spacial score (nSPS) is 11.4. The Kier molecular flexibility index (Phi) is 1.88. The molecule has 3 N–H and O–H groups in total. The molecule has 0 radical (unpaired) electrons. The fraction of sp³-hybridized carbons (Fsp3) is 0.375. The zero-order valence-electron chi connectivity index (χ0n) is 8.27. The minimum absolute atomic E-state index is 0.00699. The largest absolute Gasteiger partial charge is 0.349 e. The van der Waals surface area contributed by atoms with Crippen molar-refractivity contribution in [1.29, 1.82) is 0 Å². The Bertz CT molecular complexity index is 619. The maximum Gasteiger partial charge on any atom is 0.349 e. The molecule has 0 fully saturated rings. The summed E-state index contributed by atoms with van der Waals surface area (Å²) in [5.41, 5.74) is -0.765. The molecule has 0 atom stereocenters. The lowest BCUT2D eigenvalue weighted by atomic mass is 10.1. The Labute approximate surface area is 83.5 Å². The molecule has 0 aliphatic heterocycles. The number of rotatable bonds is 1. The fourth-order valence-corrected chi connectivity index (χ4v) is 1.38. The third kappa shape index (κ3) is 1.24. The second-order valence-electron chi connectivity index (χ2n) is 3.53. The Balaban J connectivity index is 3.00. The summed E-state index contributed by atoms with van der Waals surface area (Å²) >= 11 is 0. The van der Waals surface area contributed by atoms with Gasteiger partial charge in [-0.25, -0.2) is 4.79 Å². The van der Waals surface area contributed by atoms with Crippen LogP contribution in [0.3, 0.4) is 0 Å². The van der Waals surface area contributed by atoms with Crippen molar-refractivity contribution in [2.24, 2.45) is 0 Å². The van der Waals surface area contributed by atoms with Gasteiger partial charge in [-0.1, -0.05) is 19.0 Å². The molecule has 2 rings (SSSR count). The van der Waals surface area contributed by atoms with Gasteiger partial charge in [0.15, 0.2) is 0 Å². The predicted octanol–water partition coefficient (Wildman–Crippen LogP) is -0.485. The predicted molar refractivity (Wildman–Crippen MR) is 53.1 cm³/mol. The first-order valence-electron chi connectivity index (χ1n) is 4.42. The zero-order valence-corrected chi connectivity index (χ0v) is 8.27. The number of nitrogens with two attached hydrogens (primary N) is 1. The van der Waals surface area contributed by atoms with Gasteiger partial charge >= 0.3 is 5.69 Å². The van der Waals surface area contributed by atoms with Crippen molar-refractivity contribution in [1.82, 2.24) is 14.8 Å². The van der Waals surface area contributed by atoms with E-state index in [0.717, 1.165) is 4.68 Å². The molecule has 7 nitrogen and oxygen atoms in total. The van der Waals surface area contributed by atoms with Gasteiger partial charge in [0.1, 0.15) is 11.1 Å². The van der Waals surface area contributed by atoms with Crippen molar-refractivity contribution in [3.05, 3.63) is 26.5 Å². The lowest BCUT2D eigenvalue weighted by Crippen LogP contribution is -2.34. The topological polar surface area (TPSA) is 107 Å². The Hall–Kier alpha value is -2.05. The molecule has 7 heteroatoms. The van der Waals surface area contributed by atoms with Gasteiger partial charge < -0.3 is 10.4 Å². The van der Waals surface area contributed by atoms with Gasteiger partial charge in [-0.15, -0.1) is 0 Å². The van der Waals surface area contributed by atoms with Gasteiger partial charge in [0.25, 0.3) is 11.3 Å². The minimum Gasteiger partial charge on any atom is -0.335 e. The van der Waals surface area contributed by atoms with Crippen molar-refractivity contribution in [3.63, 3.8) is 0 Å². The number of nitrogens with zero attached hydrogens (tertiary/aromatic N) is 2. The quantitative estimate of drug-likeness (QED) is 0.618. The van der Waals surface area contributed by atoms with Gasteiger partial charge in [0.05, 0.1) is 0 Å². The summed E-state index contributed by atoms with van der Waals surface area (Å²) in [6, 6.07) is 0. The van der Waals surface area contributed by atoms with E-state index in [9.17, 15) is 9.59 Å². The van der Waals surface area contributed by atoms with E-state index in [2.05, 4.69) is 10.1 Å². The Morgan fingerprint density at radius 3 is 2.73 bits per heavy atom. The lowest BCUT2D eigenvalue weighted by Gasteiger charge is -1.98. The number of H-pyrrole nitrogens is 1. The Morgan fingerprint density at radius 1 is 1.47 bits per heavy atom. The van der Waals surface area contributed by atoms with Crippen LogP contribution in [-0.4, -0.2) is 14.8 Å². The van der Waals surface area contributed by atoms with Crippen molar-refractivity contribution in [3.8, 4) is 0 Å². The van der Waals surface area contributed by atoms with Crippen LogP contribution in [0.5, 0.6) is 0 Å². The molecule has 0 bridgehead atoms. The van der Waals surface area contributed by atoms with Crippen molar-refractivity contribution in [2.75, 3.05) is 5.84 Å². The molecular formula is C8H10N4O3. The van der Waals surface area contributed by atoms with Crippen LogP contribution in [0.2, 0.25) is 0 Å². The van der Waals surface area contributed by atoms with E-state index < -0.39 is 11.2 Å². The third-order valence-electron chi connectivity index (χ3n) is 2.13. The average Bonchev–Trinajstić information content (AvgIpc) is 2.58. The van der Waals surface area contributed by atoms with Crippen LogP contribution in [0.1, 0.15) is 25.5 Å². The highest BCUT2D eigenvalue weighted by atomic mass is 16.5. The van der Waals surface area contributed by atoms with Gasteiger partial charge in [-0.2, -0.15) is 4.68 Å². The summed E-state index contributed by atoms with van der Waals surface area (Å²) in [5, 5.41) is 3.95. The van der Waals surface area contributed by atoms with Crippen molar-refractivity contribution >= 4 is 11.1 Å². The molecule has 0 aliphatic rings. The Morgan fingerprint density at radius 2 is 2.13 bits per heavy atom. The summed E-state index contributed by atoms with van der Waals surface area (Å²) in [7, 11) is 0. The maximum absolute atomic E-state index is 11.5. The first-order chi connectivity index (χ1) is 7.02. The van der Waals surface area contributed by atoms with Crippen molar-refractivity contribution < 1.29 is 4.52 Å². The molecule has 0 unspecified atom stereocenters. The number of aromatic amines is 1. The van der Waals surface area contributed by atoms with E-state index in [1.165, 1.54) is 0 Å². The first-order valence-corrected chi connectivity index (χ1v) is 4.42. The summed E-state index contributed by atoms with van der Waals surface area (Å²) in [5.74, 6) is 5.42. The zero-order chi connectivity index (χ0) is 11.2. The number of hydrogen-bond acceptors (Lipinski definition) is 5. The standard InChI is InChI=1S/C8H10N4O3/c1-3(2)5-4-6(13)10-8(14)12(9)7(4)15-11-5/h3H,9H2,1-2H3,(H,10,13,14). The van der Waals surface area contributed by atoms with Gasteiger partial charge in [0, 0.05) is 0 Å². The van der Waals surface area contributed by atoms with E-state index in [4.69, 9.17) is 10.4 Å². The summed E-state index contributed by atoms with van der Waals surface area (Å²) in [4.78, 5) is 24.7. The number of nitrogen functional groups attached to an aromatic ring is 1. The molecule has 0 saturated carbocycles.